The van der Waals surface area contributed by atoms with Crippen molar-refractivity contribution in [3.63, 3.8) is 0 Å². The number of guanidine groups is 1. The molecule has 1 aromatic heterocycles. The van der Waals surface area contributed by atoms with Crippen LogP contribution in [0.15, 0.2) is 53.7 Å². The standard InChI is InChI=1S/C19H23F3N4/c1-3-23-18(25-13-11-17-6-4-5-12-24-17)26(2)14-15-7-9-16(10-8-15)19(20,21)22/h4-10,12H,3,11,13-14H2,1-2H3,(H,23,25). The topological polar surface area (TPSA) is 40.5 Å². The second-order valence-electron chi connectivity index (χ2n) is 5.86. The zero-order chi connectivity index (χ0) is 19.0. The molecular weight excluding hydrogens is 341 g/mol. The van der Waals surface area contributed by atoms with Crippen molar-refractivity contribution in [2.45, 2.75) is 26.1 Å². The maximum absolute atomic E-state index is 12.6. The summed E-state index contributed by atoms with van der Waals surface area (Å²) in [5.41, 5.74) is 1.12. The minimum Gasteiger partial charge on any atom is -0.357 e. The van der Waals surface area contributed by atoms with Crippen LogP contribution in [0.2, 0.25) is 0 Å². The molecule has 1 N–H and O–H groups in total. The lowest BCUT2D eigenvalue weighted by Gasteiger charge is -2.22. The van der Waals surface area contributed by atoms with Gasteiger partial charge in [-0.25, -0.2) is 0 Å². The van der Waals surface area contributed by atoms with Gasteiger partial charge in [-0.15, -0.1) is 0 Å². The van der Waals surface area contributed by atoms with E-state index < -0.39 is 11.7 Å². The number of benzene rings is 1. The number of rotatable bonds is 6. The first kappa shape index (κ1) is 19.8. The summed E-state index contributed by atoms with van der Waals surface area (Å²) in [6.07, 6.45) is -1.84. The van der Waals surface area contributed by atoms with Gasteiger partial charge >= 0.3 is 6.18 Å². The molecule has 1 heterocycles. The van der Waals surface area contributed by atoms with Gasteiger partial charge < -0.3 is 10.2 Å². The highest BCUT2D eigenvalue weighted by molar-refractivity contribution is 5.79. The van der Waals surface area contributed by atoms with Crippen molar-refractivity contribution in [2.75, 3.05) is 20.1 Å². The van der Waals surface area contributed by atoms with Crippen LogP contribution >= 0.6 is 0 Å². The second kappa shape index (κ2) is 9.22. The Balaban J connectivity index is 1.98. The number of halogens is 3. The molecule has 0 amide bonds. The zero-order valence-electron chi connectivity index (χ0n) is 14.9. The summed E-state index contributed by atoms with van der Waals surface area (Å²) in [6, 6.07) is 11.0. The highest BCUT2D eigenvalue weighted by Crippen LogP contribution is 2.29. The summed E-state index contributed by atoms with van der Waals surface area (Å²) in [5.74, 6) is 0.711. The largest absolute Gasteiger partial charge is 0.416 e. The molecule has 2 rings (SSSR count). The van der Waals surface area contributed by atoms with Gasteiger partial charge in [-0.1, -0.05) is 18.2 Å². The smallest absolute Gasteiger partial charge is 0.357 e. The lowest BCUT2D eigenvalue weighted by Crippen LogP contribution is -2.38. The van der Waals surface area contributed by atoms with E-state index in [4.69, 9.17) is 0 Å². The first-order valence-corrected chi connectivity index (χ1v) is 8.45. The monoisotopic (exact) mass is 364 g/mol. The maximum Gasteiger partial charge on any atom is 0.416 e. The Bertz CT molecular complexity index is 697. The quantitative estimate of drug-likeness (QED) is 0.627. The highest BCUT2D eigenvalue weighted by Gasteiger charge is 2.29. The average Bonchev–Trinajstić information content (AvgIpc) is 2.61. The Morgan fingerprint density at radius 2 is 1.88 bits per heavy atom. The van der Waals surface area contributed by atoms with Crippen molar-refractivity contribution in [3.05, 3.63) is 65.5 Å². The van der Waals surface area contributed by atoms with Crippen LogP contribution in [0.5, 0.6) is 0 Å². The first-order valence-electron chi connectivity index (χ1n) is 8.45. The van der Waals surface area contributed by atoms with E-state index in [9.17, 15) is 13.2 Å². The van der Waals surface area contributed by atoms with Gasteiger partial charge in [-0.05, 0) is 36.8 Å². The number of hydrogen-bond acceptors (Lipinski definition) is 2. The normalized spacial score (nSPS) is 12.1. The Labute approximate surface area is 151 Å². The SMILES string of the molecule is CCNC(=NCCc1ccccn1)N(C)Cc1ccc(C(F)(F)F)cc1. The number of aliphatic imine (C=N–C) groups is 1. The first-order chi connectivity index (χ1) is 12.4. The van der Waals surface area contributed by atoms with Gasteiger partial charge in [0.2, 0.25) is 0 Å². The average molecular weight is 364 g/mol. The molecule has 4 nitrogen and oxygen atoms in total. The van der Waals surface area contributed by atoms with E-state index in [2.05, 4.69) is 15.3 Å². The molecule has 26 heavy (non-hydrogen) atoms. The number of alkyl halides is 3. The fraction of sp³-hybridized carbons (Fsp3) is 0.368. The van der Waals surface area contributed by atoms with E-state index in [1.54, 1.807) is 6.20 Å². The third kappa shape index (κ3) is 6.06. The van der Waals surface area contributed by atoms with Crippen LogP contribution in [-0.4, -0.2) is 36.0 Å². The van der Waals surface area contributed by atoms with E-state index in [-0.39, 0.29) is 0 Å². The highest BCUT2D eigenvalue weighted by atomic mass is 19.4. The molecule has 140 valence electrons. The third-order valence-corrected chi connectivity index (χ3v) is 3.75. The Hall–Kier alpha value is -2.57. The molecule has 7 heteroatoms. The number of nitrogens with one attached hydrogen (secondary N) is 1. The van der Waals surface area contributed by atoms with Crippen LogP contribution in [0, 0.1) is 0 Å². The number of hydrogen-bond donors (Lipinski definition) is 1. The lowest BCUT2D eigenvalue weighted by molar-refractivity contribution is -0.137. The summed E-state index contributed by atoms with van der Waals surface area (Å²) in [6.45, 7) is 3.73. The Morgan fingerprint density at radius 1 is 1.15 bits per heavy atom. The molecule has 1 aromatic carbocycles. The van der Waals surface area contributed by atoms with Crippen molar-refractivity contribution in [2.24, 2.45) is 4.99 Å². The van der Waals surface area contributed by atoms with Gasteiger partial charge in [0, 0.05) is 45.0 Å². The van der Waals surface area contributed by atoms with Gasteiger partial charge in [0.05, 0.1) is 5.56 Å². The molecule has 2 aromatic rings. The van der Waals surface area contributed by atoms with Crippen LogP contribution < -0.4 is 5.32 Å². The van der Waals surface area contributed by atoms with Crippen molar-refractivity contribution < 1.29 is 13.2 Å². The molecule has 0 radical (unpaired) electrons. The summed E-state index contributed by atoms with van der Waals surface area (Å²) >= 11 is 0. The molecule has 0 saturated heterocycles. The summed E-state index contributed by atoms with van der Waals surface area (Å²) < 4.78 is 37.9. The fourth-order valence-corrected chi connectivity index (χ4v) is 2.44. The molecule has 0 aliphatic rings. The van der Waals surface area contributed by atoms with E-state index in [1.807, 2.05) is 37.1 Å². The van der Waals surface area contributed by atoms with Crippen molar-refractivity contribution >= 4 is 5.96 Å². The number of pyridine rings is 1. The minimum absolute atomic E-state index is 0.466. The molecular formula is C19H23F3N4. The van der Waals surface area contributed by atoms with Crippen LogP contribution in [0.3, 0.4) is 0 Å². The molecule has 0 saturated carbocycles. The summed E-state index contributed by atoms with van der Waals surface area (Å²) in [4.78, 5) is 10.7. The predicted octanol–water partition coefficient (Wildman–Crippen LogP) is 3.74. The van der Waals surface area contributed by atoms with Gasteiger partial charge in [0.1, 0.15) is 0 Å². The van der Waals surface area contributed by atoms with Crippen LogP contribution in [0.25, 0.3) is 0 Å². The Morgan fingerprint density at radius 3 is 2.46 bits per heavy atom. The van der Waals surface area contributed by atoms with Crippen molar-refractivity contribution in [1.29, 1.82) is 0 Å². The minimum atomic E-state index is -4.31. The summed E-state index contributed by atoms with van der Waals surface area (Å²) in [5, 5.41) is 3.20. The van der Waals surface area contributed by atoms with E-state index in [1.165, 1.54) is 12.1 Å². The molecule has 0 bridgehead atoms. The van der Waals surface area contributed by atoms with Gasteiger partial charge in [-0.2, -0.15) is 13.2 Å². The fourth-order valence-electron chi connectivity index (χ4n) is 2.44. The molecule has 0 unspecified atom stereocenters. The van der Waals surface area contributed by atoms with E-state index >= 15 is 0 Å². The Kier molecular flexibility index (Phi) is 7.00. The molecule has 0 fully saturated rings. The van der Waals surface area contributed by atoms with Gasteiger partial charge in [0.15, 0.2) is 5.96 Å². The van der Waals surface area contributed by atoms with Crippen LogP contribution in [0.4, 0.5) is 13.2 Å². The summed E-state index contributed by atoms with van der Waals surface area (Å²) in [7, 11) is 1.86. The van der Waals surface area contributed by atoms with Gasteiger partial charge in [-0.3, -0.25) is 9.98 Å². The zero-order valence-corrected chi connectivity index (χ0v) is 14.9. The molecule has 0 spiro atoms. The third-order valence-electron chi connectivity index (χ3n) is 3.75. The maximum atomic E-state index is 12.6. The molecule has 0 aliphatic carbocycles. The van der Waals surface area contributed by atoms with Crippen LogP contribution in [0.1, 0.15) is 23.7 Å². The molecule has 0 atom stereocenters. The van der Waals surface area contributed by atoms with Crippen molar-refractivity contribution in [1.82, 2.24) is 15.2 Å². The van der Waals surface area contributed by atoms with E-state index in [0.717, 1.165) is 29.8 Å². The van der Waals surface area contributed by atoms with E-state index in [0.29, 0.717) is 25.6 Å². The second-order valence-corrected chi connectivity index (χ2v) is 5.86. The predicted molar refractivity (Wildman–Crippen MR) is 96.8 cm³/mol. The lowest BCUT2D eigenvalue weighted by atomic mass is 10.1. The molecule has 0 aliphatic heterocycles. The number of nitrogens with zero attached hydrogens (tertiary/aromatic N) is 3. The van der Waals surface area contributed by atoms with Crippen LogP contribution in [-0.2, 0) is 19.1 Å². The number of aromatic nitrogens is 1. The van der Waals surface area contributed by atoms with Crippen molar-refractivity contribution in [3.8, 4) is 0 Å². The van der Waals surface area contributed by atoms with Gasteiger partial charge in [0.25, 0.3) is 0 Å².